The summed E-state index contributed by atoms with van der Waals surface area (Å²) < 4.78 is 0. The van der Waals surface area contributed by atoms with Crippen LogP contribution in [0.15, 0.2) is 23.0 Å². The highest BCUT2D eigenvalue weighted by Crippen LogP contribution is 2.23. The number of H-pyrrole nitrogens is 2. The third kappa shape index (κ3) is 4.08. The normalized spacial score (nSPS) is 15.4. The van der Waals surface area contributed by atoms with Crippen LogP contribution >= 0.6 is 0 Å². The lowest BCUT2D eigenvalue weighted by molar-refractivity contribution is 0.0937. The van der Waals surface area contributed by atoms with E-state index in [2.05, 4.69) is 62.3 Å². The molecule has 8 heteroatoms. The molecule has 0 spiro atoms. The molecule has 1 aromatic heterocycles. The fraction of sp³-hybridized carbons (Fsp3) is 0.471. The molecule has 1 aliphatic rings. The quantitative estimate of drug-likeness (QED) is 0.723. The first-order valence-corrected chi connectivity index (χ1v) is 8.51. The first kappa shape index (κ1) is 17.2. The standard InChI is InChI=1S/C17H24N6O2/c1-12-4-3-5-14(13(12)2)23-10-8-22(9-11-23)7-6-18-16(24)15-19-17(25)21-20-15/h3-5H,6-11H2,1-2H3,(H,18,24)(H2,19,20,21,25). The van der Waals surface area contributed by atoms with E-state index < -0.39 is 5.69 Å². The van der Waals surface area contributed by atoms with Crippen LogP contribution in [0.3, 0.4) is 0 Å². The monoisotopic (exact) mass is 344 g/mol. The molecule has 1 aromatic carbocycles. The van der Waals surface area contributed by atoms with Gasteiger partial charge >= 0.3 is 5.69 Å². The molecule has 1 fully saturated rings. The number of aryl methyl sites for hydroxylation is 1. The molecule has 0 radical (unpaired) electrons. The Labute approximate surface area is 146 Å². The Morgan fingerprint density at radius 1 is 1.24 bits per heavy atom. The van der Waals surface area contributed by atoms with E-state index in [1.165, 1.54) is 16.8 Å². The molecule has 25 heavy (non-hydrogen) atoms. The van der Waals surface area contributed by atoms with Crippen molar-refractivity contribution in [1.29, 1.82) is 0 Å². The van der Waals surface area contributed by atoms with Crippen LogP contribution in [0.25, 0.3) is 0 Å². The molecule has 8 nitrogen and oxygen atoms in total. The van der Waals surface area contributed by atoms with Crippen LogP contribution in [-0.2, 0) is 0 Å². The van der Waals surface area contributed by atoms with E-state index in [-0.39, 0.29) is 11.7 Å². The number of rotatable bonds is 5. The van der Waals surface area contributed by atoms with Gasteiger partial charge in [-0.1, -0.05) is 12.1 Å². The number of benzene rings is 1. The van der Waals surface area contributed by atoms with Crippen molar-refractivity contribution in [1.82, 2.24) is 25.4 Å². The van der Waals surface area contributed by atoms with Gasteiger partial charge in [-0.25, -0.2) is 9.89 Å². The molecule has 134 valence electrons. The number of aromatic amines is 2. The highest BCUT2D eigenvalue weighted by atomic mass is 16.2. The summed E-state index contributed by atoms with van der Waals surface area (Å²) in [5, 5.41) is 8.57. The van der Waals surface area contributed by atoms with E-state index in [4.69, 9.17) is 0 Å². The van der Waals surface area contributed by atoms with Gasteiger partial charge in [0.15, 0.2) is 0 Å². The van der Waals surface area contributed by atoms with E-state index in [1.807, 2.05) is 0 Å². The Balaban J connectivity index is 1.44. The lowest BCUT2D eigenvalue weighted by atomic mass is 10.1. The average Bonchev–Trinajstić information content (AvgIpc) is 3.05. The zero-order chi connectivity index (χ0) is 17.8. The van der Waals surface area contributed by atoms with Crippen molar-refractivity contribution in [2.45, 2.75) is 13.8 Å². The van der Waals surface area contributed by atoms with Crippen molar-refractivity contribution in [3.05, 3.63) is 45.6 Å². The van der Waals surface area contributed by atoms with Crippen molar-refractivity contribution < 1.29 is 4.79 Å². The van der Waals surface area contributed by atoms with Crippen LogP contribution in [0, 0.1) is 13.8 Å². The maximum Gasteiger partial charge on any atom is 0.341 e. The number of anilines is 1. The number of carbonyl (C=O) groups is 1. The average molecular weight is 344 g/mol. The van der Waals surface area contributed by atoms with E-state index in [1.54, 1.807) is 0 Å². The van der Waals surface area contributed by atoms with Crippen molar-refractivity contribution in [2.75, 3.05) is 44.2 Å². The minimum Gasteiger partial charge on any atom is -0.369 e. The third-order valence-electron chi connectivity index (χ3n) is 4.72. The number of hydrogen-bond donors (Lipinski definition) is 3. The Morgan fingerprint density at radius 2 is 2.00 bits per heavy atom. The third-order valence-corrected chi connectivity index (χ3v) is 4.72. The number of carbonyl (C=O) groups excluding carboxylic acids is 1. The zero-order valence-corrected chi connectivity index (χ0v) is 14.6. The van der Waals surface area contributed by atoms with Gasteiger partial charge in [0.25, 0.3) is 5.91 Å². The second-order valence-electron chi connectivity index (χ2n) is 6.33. The lowest BCUT2D eigenvalue weighted by Crippen LogP contribution is -2.48. The molecular weight excluding hydrogens is 320 g/mol. The minimum atomic E-state index is -0.479. The molecule has 2 heterocycles. The molecule has 1 aliphatic heterocycles. The van der Waals surface area contributed by atoms with Crippen LogP contribution in [0.2, 0.25) is 0 Å². The number of nitrogens with zero attached hydrogens (tertiary/aromatic N) is 3. The molecule has 1 saturated heterocycles. The van der Waals surface area contributed by atoms with E-state index in [0.717, 1.165) is 32.7 Å². The van der Waals surface area contributed by atoms with Crippen molar-refractivity contribution >= 4 is 11.6 Å². The summed E-state index contributed by atoms with van der Waals surface area (Å²) in [6, 6.07) is 6.44. The smallest absolute Gasteiger partial charge is 0.341 e. The fourth-order valence-corrected chi connectivity index (χ4v) is 3.08. The van der Waals surface area contributed by atoms with Gasteiger partial charge in [0.2, 0.25) is 5.82 Å². The predicted octanol–water partition coefficient (Wildman–Crippen LogP) is 0.267. The summed E-state index contributed by atoms with van der Waals surface area (Å²) in [6.07, 6.45) is 0. The summed E-state index contributed by atoms with van der Waals surface area (Å²) in [5.74, 6) is -0.350. The Bertz CT molecular complexity index is 788. The first-order chi connectivity index (χ1) is 12.0. The highest BCUT2D eigenvalue weighted by molar-refractivity contribution is 5.90. The summed E-state index contributed by atoms with van der Waals surface area (Å²) in [6.45, 7) is 9.50. The molecule has 3 N–H and O–H groups in total. The SMILES string of the molecule is Cc1cccc(N2CCN(CCNC(=O)c3n[nH]c(=O)[nH]3)CC2)c1C. The summed E-state index contributed by atoms with van der Waals surface area (Å²) in [7, 11) is 0. The van der Waals surface area contributed by atoms with Crippen LogP contribution in [-0.4, -0.2) is 65.3 Å². The number of piperazine rings is 1. The van der Waals surface area contributed by atoms with Crippen LogP contribution in [0.1, 0.15) is 21.7 Å². The number of hydrogen-bond acceptors (Lipinski definition) is 5. The van der Waals surface area contributed by atoms with Gasteiger partial charge in [-0.2, -0.15) is 0 Å². The Kier molecular flexibility index (Phi) is 5.18. The van der Waals surface area contributed by atoms with Crippen molar-refractivity contribution in [3.8, 4) is 0 Å². The molecular formula is C17H24N6O2. The largest absolute Gasteiger partial charge is 0.369 e. The topological polar surface area (TPSA) is 97.1 Å². The number of amides is 1. The van der Waals surface area contributed by atoms with E-state index in [0.29, 0.717) is 6.54 Å². The highest BCUT2D eigenvalue weighted by Gasteiger charge is 2.19. The minimum absolute atomic E-state index is 0.0183. The second-order valence-corrected chi connectivity index (χ2v) is 6.33. The summed E-state index contributed by atoms with van der Waals surface area (Å²) in [5.41, 5.74) is 3.50. The summed E-state index contributed by atoms with van der Waals surface area (Å²) in [4.78, 5) is 29.9. The molecule has 0 aliphatic carbocycles. The lowest BCUT2D eigenvalue weighted by Gasteiger charge is -2.37. The molecule has 0 saturated carbocycles. The Morgan fingerprint density at radius 3 is 2.68 bits per heavy atom. The van der Waals surface area contributed by atoms with E-state index in [9.17, 15) is 9.59 Å². The van der Waals surface area contributed by atoms with Gasteiger partial charge in [-0.3, -0.25) is 14.7 Å². The Hall–Kier alpha value is -2.61. The van der Waals surface area contributed by atoms with Crippen LogP contribution in [0.4, 0.5) is 5.69 Å². The van der Waals surface area contributed by atoms with Crippen molar-refractivity contribution in [2.24, 2.45) is 0 Å². The van der Waals surface area contributed by atoms with Crippen LogP contribution < -0.4 is 15.9 Å². The van der Waals surface area contributed by atoms with Gasteiger partial charge in [0.1, 0.15) is 0 Å². The van der Waals surface area contributed by atoms with Gasteiger partial charge in [0.05, 0.1) is 0 Å². The zero-order valence-electron chi connectivity index (χ0n) is 14.6. The van der Waals surface area contributed by atoms with Gasteiger partial charge in [-0.05, 0) is 31.0 Å². The predicted molar refractivity (Wildman–Crippen MR) is 96.1 cm³/mol. The van der Waals surface area contributed by atoms with E-state index >= 15 is 0 Å². The molecule has 0 atom stereocenters. The van der Waals surface area contributed by atoms with Crippen molar-refractivity contribution in [3.63, 3.8) is 0 Å². The molecule has 1 amide bonds. The number of aromatic nitrogens is 3. The second kappa shape index (κ2) is 7.52. The first-order valence-electron chi connectivity index (χ1n) is 8.51. The molecule has 0 unspecified atom stereocenters. The molecule has 0 bridgehead atoms. The maximum atomic E-state index is 11.8. The van der Waals surface area contributed by atoms with Crippen LogP contribution in [0.5, 0.6) is 0 Å². The maximum absolute atomic E-state index is 11.8. The van der Waals surface area contributed by atoms with Gasteiger partial charge < -0.3 is 10.2 Å². The van der Waals surface area contributed by atoms with Gasteiger partial charge in [0, 0.05) is 45.0 Å². The number of nitrogens with one attached hydrogen (secondary N) is 3. The molecule has 3 rings (SSSR count). The molecule has 2 aromatic rings. The summed E-state index contributed by atoms with van der Waals surface area (Å²) >= 11 is 0. The van der Waals surface area contributed by atoms with Gasteiger partial charge in [-0.15, -0.1) is 5.10 Å². The fourth-order valence-electron chi connectivity index (χ4n) is 3.08.